The molecule has 0 aromatic heterocycles. The third kappa shape index (κ3) is 8.13. The SMILES string of the molecule is C=C(C)C(=O)OCCOc1ccc(C(C)(C)c2ccc(OC(=O)C(=C)C)c(OCCC)c2OCCC)cc1. The molecular weight excluding hydrogens is 484 g/mol. The summed E-state index contributed by atoms with van der Waals surface area (Å²) in [4.78, 5) is 23.8. The Kier molecular flexibility index (Phi) is 11.4. The number of rotatable bonds is 15. The van der Waals surface area contributed by atoms with Crippen LogP contribution < -0.4 is 18.9 Å². The molecule has 0 saturated heterocycles. The normalized spacial score (nSPS) is 10.9. The summed E-state index contributed by atoms with van der Waals surface area (Å²) in [6, 6.07) is 11.4. The Morgan fingerprint density at radius 1 is 0.737 bits per heavy atom. The van der Waals surface area contributed by atoms with Gasteiger partial charge in [0.05, 0.1) is 13.2 Å². The molecule has 0 N–H and O–H groups in total. The number of carbonyl (C=O) groups is 2. The molecule has 0 atom stereocenters. The van der Waals surface area contributed by atoms with Gasteiger partial charge >= 0.3 is 11.9 Å². The second kappa shape index (κ2) is 14.3. The molecule has 0 unspecified atom stereocenters. The van der Waals surface area contributed by atoms with Gasteiger partial charge < -0.3 is 23.7 Å². The highest BCUT2D eigenvalue weighted by Gasteiger charge is 2.31. The van der Waals surface area contributed by atoms with Crippen LogP contribution in [0, 0.1) is 0 Å². The van der Waals surface area contributed by atoms with Crippen molar-refractivity contribution in [3.63, 3.8) is 0 Å². The van der Waals surface area contributed by atoms with Crippen molar-refractivity contribution in [1.82, 2.24) is 0 Å². The van der Waals surface area contributed by atoms with Gasteiger partial charge in [0, 0.05) is 22.1 Å². The van der Waals surface area contributed by atoms with Gasteiger partial charge in [0.1, 0.15) is 19.0 Å². The van der Waals surface area contributed by atoms with Gasteiger partial charge in [0.25, 0.3) is 0 Å². The highest BCUT2D eigenvalue weighted by atomic mass is 16.6. The lowest BCUT2D eigenvalue weighted by molar-refractivity contribution is -0.139. The first-order chi connectivity index (χ1) is 18.0. The zero-order chi connectivity index (χ0) is 28.3. The second-order valence-corrected chi connectivity index (χ2v) is 9.55. The average Bonchev–Trinajstić information content (AvgIpc) is 2.88. The monoisotopic (exact) mass is 524 g/mol. The highest BCUT2D eigenvalue weighted by molar-refractivity contribution is 5.89. The van der Waals surface area contributed by atoms with Crippen LogP contribution in [-0.2, 0) is 19.7 Å². The fraction of sp³-hybridized carbons (Fsp3) is 0.419. The summed E-state index contributed by atoms with van der Waals surface area (Å²) >= 11 is 0. The van der Waals surface area contributed by atoms with E-state index in [0.717, 1.165) is 24.0 Å². The first-order valence-electron chi connectivity index (χ1n) is 12.9. The summed E-state index contributed by atoms with van der Waals surface area (Å²) < 4.78 is 28.7. The molecule has 0 aliphatic heterocycles. The molecule has 0 fully saturated rings. The minimum absolute atomic E-state index is 0.139. The van der Waals surface area contributed by atoms with Gasteiger partial charge in [0.2, 0.25) is 5.75 Å². The van der Waals surface area contributed by atoms with Crippen molar-refractivity contribution in [2.45, 2.75) is 59.8 Å². The first kappa shape index (κ1) is 30.5. The minimum atomic E-state index is -0.523. The smallest absolute Gasteiger partial charge is 0.338 e. The Labute approximate surface area is 226 Å². The highest BCUT2D eigenvalue weighted by Crippen LogP contribution is 2.47. The molecule has 2 aromatic carbocycles. The van der Waals surface area contributed by atoms with E-state index in [1.807, 2.05) is 44.2 Å². The summed E-state index contributed by atoms with van der Waals surface area (Å²) in [5.74, 6) is 0.960. The molecule has 0 saturated carbocycles. The molecule has 2 rings (SSSR count). The Morgan fingerprint density at radius 2 is 1.32 bits per heavy atom. The standard InChI is InChI=1S/C31H40O7/c1-9-17-35-27-25(15-16-26(28(27)36-18-10-2)38-30(33)22(5)6)31(7,8)23-11-13-24(14-12-23)34-19-20-37-29(32)21(3)4/h11-16H,3,5,9-10,17-20H2,1-2,4,6-8H3. The Morgan fingerprint density at radius 3 is 1.87 bits per heavy atom. The summed E-state index contributed by atoms with van der Waals surface area (Å²) in [5, 5.41) is 0. The van der Waals surface area contributed by atoms with E-state index in [9.17, 15) is 9.59 Å². The van der Waals surface area contributed by atoms with Crippen LogP contribution in [0.3, 0.4) is 0 Å². The van der Waals surface area contributed by atoms with Crippen molar-refractivity contribution in [3.05, 3.63) is 71.8 Å². The number of hydrogen-bond acceptors (Lipinski definition) is 7. The first-order valence-corrected chi connectivity index (χ1v) is 12.9. The van der Waals surface area contributed by atoms with E-state index in [4.69, 9.17) is 23.7 Å². The van der Waals surface area contributed by atoms with Crippen molar-refractivity contribution in [3.8, 4) is 23.0 Å². The number of ether oxygens (including phenoxy) is 5. The van der Waals surface area contributed by atoms with Gasteiger partial charge in [-0.15, -0.1) is 0 Å². The predicted molar refractivity (Wildman–Crippen MR) is 148 cm³/mol. The lowest BCUT2D eigenvalue weighted by Gasteiger charge is -2.30. The fourth-order valence-corrected chi connectivity index (χ4v) is 3.53. The molecule has 0 heterocycles. The van der Waals surface area contributed by atoms with Gasteiger partial charge in [-0.3, -0.25) is 0 Å². The summed E-state index contributed by atoms with van der Waals surface area (Å²) in [6.45, 7) is 20.0. The van der Waals surface area contributed by atoms with Crippen molar-refractivity contribution in [1.29, 1.82) is 0 Å². The van der Waals surface area contributed by atoms with Crippen LogP contribution in [0.25, 0.3) is 0 Å². The molecule has 38 heavy (non-hydrogen) atoms. The van der Waals surface area contributed by atoms with E-state index in [0.29, 0.717) is 47.4 Å². The molecule has 0 radical (unpaired) electrons. The summed E-state index contributed by atoms with van der Waals surface area (Å²) in [6.07, 6.45) is 1.58. The van der Waals surface area contributed by atoms with Crippen molar-refractivity contribution < 1.29 is 33.3 Å². The number of hydrogen-bond donors (Lipinski definition) is 0. The topological polar surface area (TPSA) is 80.3 Å². The maximum Gasteiger partial charge on any atom is 0.338 e. The number of benzene rings is 2. The van der Waals surface area contributed by atoms with Gasteiger partial charge in [-0.05, 0) is 50.5 Å². The van der Waals surface area contributed by atoms with Crippen LogP contribution in [0.5, 0.6) is 23.0 Å². The van der Waals surface area contributed by atoms with Crippen LogP contribution >= 0.6 is 0 Å². The van der Waals surface area contributed by atoms with Gasteiger partial charge in [-0.1, -0.05) is 59.1 Å². The number of carbonyl (C=O) groups excluding carboxylic acids is 2. The van der Waals surface area contributed by atoms with Crippen LogP contribution in [0.15, 0.2) is 60.7 Å². The number of esters is 2. The van der Waals surface area contributed by atoms with Crippen molar-refractivity contribution in [2.75, 3.05) is 26.4 Å². The van der Waals surface area contributed by atoms with E-state index in [1.54, 1.807) is 19.9 Å². The molecule has 7 nitrogen and oxygen atoms in total. The molecule has 0 aliphatic rings. The molecule has 7 heteroatoms. The van der Waals surface area contributed by atoms with Crippen molar-refractivity contribution >= 4 is 11.9 Å². The molecule has 2 aromatic rings. The Balaban J connectivity index is 2.37. The second-order valence-electron chi connectivity index (χ2n) is 9.55. The van der Waals surface area contributed by atoms with Crippen LogP contribution in [0.4, 0.5) is 0 Å². The Bertz CT molecular complexity index is 1130. The zero-order valence-corrected chi connectivity index (χ0v) is 23.5. The fourth-order valence-electron chi connectivity index (χ4n) is 3.53. The molecule has 0 amide bonds. The molecule has 206 valence electrons. The quantitative estimate of drug-likeness (QED) is 0.113. The molecule has 0 spiro atoms. The average molecular weight is 525 g/mol. The van der Waals surface area contributed by atoms with Crippen molar-refractivity contribution in [2.24, 2.45) is 0 Å². The summed E-state index contributed by atoms with van der Waals surface area (Å²) in [7, 11) is 0. The molecular formula is C31H40O7. The van der Waals surface area contributed by atoms with Crippen LogP contribution in [-0.4, -0.2) is 38.4 Å². The lowest BCUT2D eigenvalue weighted by atomic mass is 9.77. The zero-order valence-electron chi connectivity index (χ0n) is 23.5. The summed E-state index contributed by atoms with van der Waals surface area (Å²) in [5.41, 5.74) is 2.08. The van der Waals surface area contributed by atoms with E-state index in [1.165, 1.54) is 0 Å². The van der Waals surface area contributed by atoms with E-state index in [2.05, 4.69) is 27.0 Å². The van der Waals surface area contributed by atoms with E-state index < -0.39 is 17.4 Å². The predicted octanol–water partition coefficient (Wildman–Crippen LogP) is 6.57. The molecule has 0 bridgehead atoms. The third-order valence-corrected chi connectivity index (χ3v) is 5.71. The van der Waals surface area contributed by atoms with Crippen LogP contribution in [0.2, 0.25) is 0 Å². The maximum absolute atomic E-state index is 12.3. The Hall–Kier alpha value is -3.74. The third-order valence-electron chi connectivity index (χ3n) is 5.71. The minimum Gasteiger partial charge on any atom is -0.490 e. The van der Waals surface area contributed by atoms with Gasteiger partial charge in [0.15, 0.2) is 11.5 Å². The van der Waals surface area contributed by atoms with Gasteiger partial charge in [-0.25, -0.2) is 9.59 Å². The maximum atomic E-state index is 12.3. The molecule has 0 aliphatic carbocycles. The van der Waals surface area contributed by atoms with Gasteiger partial charge in [-0.2, -0.15) is 0 Å². The van der Waals surface area contributed by atoms with Crippen LogP contribution in [0.1, 0.15) is 65.5 Å². The lowest BCUT2D eigenvalue weighted by Crippen LogP contribution is -2.21. The largest absolute Gasteiger partial charge is 0.490 e. The van der Waals surface area contributed by atoms with E-state index in [-0.39, 0.29) is 13.2 Å². The van der Waals surface area contributed by atoms with E-state index >= 15 is 0 Å².